The molecule has 4 rings (SSSR count). The largest absolute Gasteiger partial charge is 0.497 e. The van der Waals surface area contributed by atoms with Gasteiger partial charge in [-0.2, -0.15) is 0 Å². The van der Waals surface area contributed by atoms with E-state index in [0.29, 0.717) is 41.0 Å². The molecule has 33 heavy (non-hydrogen) atoms. The van der Waals surface area contributed by atoms with E-state index in [4.69, 9.17) is 4.74 Å². The monoisotopic (exact) mass is 465 g/mol. The zero-order valence-corrected chi connectivity index (χ0v) is 18.8. The van der Waals surface area contributed by atoms with Gasteiger partial charge in [0.05, 0.1) is 13.0 Å². The fraction of sp³-hybridized carbons (Fsp3) is 0.261. The summed E-state index contributed by atoms with van der Waals surface area (Å²) in [5, 5.41) is 14.7. The second-order valence-corrected chi connectivity index (χ2v) is 8.53. The quantitative estimate of drug-likeness (QED) is 0.529. The zero-order valence-electron chi connectivity index (χ0n) is 18.0. The van der Waals surface area contributed by atoms with Crippen molar-refractivity contribution in [3.8, 4) is 5.75 Å². The van der Waals surface area contributed by atoms with E-state index in [9.17, 15) is 14.4 Å². The van der Waals surface area contributed by atoms with Crippen molar-refractivity contribution in [2.24, 2.45) is 5.92 Å². The standard InChI is InChI=1S/C23H23N5O4S/c1-32-18-9-5-6-15(12-18)21(30)24-11-10-19-26-27-23(33-19)25-22(31)16-13-20(29)28(14-16)17-7-3-2-4-8-17/h2-9,12,16H,10-11,13-14H2,1H3,(H,24,30)(H,25,27,31). The average Bonchev–Trinajstić information content (AvgIpc) is 3.45. The lowest BCUT2D eigenvalue weighted by atomic mass is 10.1. The van der Waals surface area contributed by atoms with Crippen LogP contribution in [-0.2, 0) is 16.0 Å². The number of aromatic nitrogens is 2. The maximum absolute atomic E-state index is 12.6. The summed E-state index contributed by atoms with van der Waals surface area (Å²) in [7, 11) is 1.55. The van der Waals surface area contributed by atoms with Crippen LogP contribution in [0.1, 0.15) is 21.8 Å². The lowest BCUT2D eigenvalue weighted by Crippen LogP contribution is -2.28. The van der Waals surface area contributed by atoms with Crippen LogP contribution in [0, 0.1) is 5.92 Å². The van der Waals surface area contributed by atoms with Crippen LogP contribution < -0.4 is 20.3 Å². The molecular weight excluding hydrogens is 442 g/mol. The van der Waals surface area contributed by atoms with E-state index in [1.807, 2.05) is 30.3 Å². The Balaban J connectivity index is 1.26. The van der Waals surface area contributed by atoms with Gasteiger partial charge in [-0.1, -0.05) is 35.6 Å². The second kappa shape index (κ2) is 10.2. The molecule has 2 aromatic carbocycles. The number of para-hydroxylation sites is 1. The lowest BCUT2D eigenvalue weighted by Gasteiger charge is -2.16. The van der Waals surface area contributed by atoms with Crippen LogP contribution in [0.5, 0.6) is 5.75 Å². The predicted molar refractivity (Wildman–Crippen MR) is 124 cm³/mol. The summed E-state index contributed by atoms with van der Waals surface area (Å²) in [5.41, 5.74) is 1.29. The van der Waals surface area contributed by atoms with Crippen LogP contribution in [0.4, 0.5) is 10.8 Å². The number of hydrogen-bond acceptors (Lipinski definition) is 7. The van der Waals surface area contributed by atoms with Crippen LogP contribution in [0.15, 0.2) is 54.6 Å². The average molecular weight is 466 g/mol. The van der Waals surface area contributed by atoms with Crippen molar-refractivity contribution in [2.75, 3.05) is 30.4 Å². The Morgan fingerprint density at radius 1 is 1.15 bits per heavy atom. The molecule has 0 spiro atoms. The van der Waals surface area contributed by atoms with Crippen LogP contribution in [0.3, 0.4) is 0 Å². The van der Waals surface area contributed by atoms with Gasteiger partial charge >= 0.3 is 0 Å². The third-order valence-electron chi connectivity index (χ3n) is 5.22. The first kappa shape index (κ1) is 22.4. The highest BCUT2D eigenvalue weighted by atomic mass is 32.1. The van der Waals surface area contributed by atoms with Gasteiger partial charge < -0.3 is 20.3 Å². The molecule has 1 aromatic heterocycles. The molecule has 0 radical (unpaired) electrons. The number of nitrogens with one attached hydrogen (secondary N) is 2. The Bertz CT molecular complexity index is 1150. The summed E-state index contributed by atoms with van der Waals surface area (Å²) in [6, 6.07) is 16.2. The zero-order chi connectivity index (χ0) is 23.2. The molecule has 10 heteroatoms. The van der Waals surface area contributed by atoms with Crippen LogP contribution in [-0.4, -0.2) is 48.1 Å². The minimum Gasteiger partial charge on any atom is -0.497 e. The first-order chi connectivity index (χ1) is 16.0. The number of carbonyl (C=O) groups is 3. The number of ether oxygens (including phenoxy) is 1. The molecule has 0 aliphatic carbocycles. The Kier molecular flexibility index (Phi) is 6.94. The molecule has 9 nitrogen and oxygen atoms in total. The van der Waals surface area contributed by atoms with Crippen molar-refractivity contribution >= 4 is 39.9 Å². The van der Waals surface area contributed by atoms with Gasteiger partial charge in [-0.25, -0.2) is 0 Å². The van der Waals surface area contributed by atoms with E-state index in [1.165, 1.54) is 11.3 Å². The molecule has 1 saturated heterocycles. The summed E-state index contributed by atoms with van der Waals surface area (Å²) in [4.78, 5) is 38.9. The normalized spacial score (nSPS) is 15.4. The minimum atomic E-state index is -0.452. The topological polar surface area (TPSA) is 114 Å². The van der Waals surface area contributed by atoms with E-state index in [0.717, 1.165) is 5.69 Å². The van der Waals surface area contributed by atoms with Crippen LogP contribution in [0.2, 0.25) is 0 Å². The smallest absolute Gasteiger partial charge is 0.251 e. The second-order valence-electron chi connectivity index (χ2n) is 7.47. The number of carbonyl (C=O) groups excluding carboxylic acids is 3. The molecule has 2 N–H and O–H groups in total. The molecule has 1 fully saturated rings. The van der Waals surface area contributed by atoms with Crippen molar-refractivity contribution < 1.29 is 19.1 Å². The Morgan fingerprint density at radius 3 is 2.76 bits per heavy atom. The third kappa shape index (κ3) is 5.53. The third-order valence-corrected chi connectivity index (χ3v) is 6.12. The molecule has 3 aromatic rings. The number of amides is 3. The number of anilines is 2. The first-order valence-electron chi connectivity index (χ1n) is 10.4. The summed E-state index contributed by atoms with van der Waals surface area (Å²) in [6.45, 7) is 0.707. The molecule has 1 aliphatic heterocycles. The number of methoxy groups -OCH3 is 1. The predicted octanol–water partition coefficient (Wildman–Crippen LogP) is 2.51. The fourth-order valence-corrected chi connectivity index (χ4v) is 4.24. The summed E-state index contributed by atoms with van der Waals surface area (Å²) < 4.78 is 5.13. The van der Waals surface area contributed by atoms with Gasteiger partial charge in [-0.05, 0) is 30.3 Å². The maximum atomic E-state index is 12.6. The van der Waals surface area contributed by atoms with Crippen molar-refractivity contribution in [1.82, 2.24) is 15.5 Å². The molecule has 2 heterocycles. The van der Waals surface area contributed by atoms with Gasteiger partial charge in [0.1, 0.15) is 10.8 Å². The van der Waals surface area contributed by atoms with E-state index >= 15 is 0 Å². The van der Waals surface area contributed by atoms with Gasteiger partial charge in [-0.15, -0.1) is 10.2 Å². The summed E-state index contributed by atoms with van der Waals surface area (Å²) in [5.74, 6) is -0.377. The number of rotatable bonds is 8. The van der Waals surface area contributed by atoms with Gasteiger partial charge in [0.2, 0.25) is 16.9 Å². The van der Waals surface area contributed by atoms with Gasteiger partial charge in [-0.3, -0.25) is 14.4 Å². The van der Waals surface area contributed by atoms with Crippen LogP contribution in [0.25, 0.3) is 0 Å². The molecule has 0 saturated carbocycles. The lowest BCUT2D eigenvalue weighted by molar-refractivity contribution is -0.122. The highest BCUT2D eigenvalue weighted by Gasteiger charge is 2.35. The van der Waals surface area contributed by atoms with Crippen molar-refractivity contribution in [2.45, 2.75) is 12.8 Å². The Labute approximate surface area is 194 Å². The molecule has 1 atom stereocenters. The van der Waals surface area contributed by atoms with E-state index in [-0.39, 0.29) is 24.1 Å². The molecule has 3 amide bonds. The van der Waals surface area contributed by atoms with Crippen molar-refractivity contribution in [3.63, 3.8) is 0 Å². The van der Waals surface area contributed by atoms with Crippen molar-refractivity contribution in [3.05, 3.63) is 65.2 Å². The molecular formula is C23H23N5O4S. The number of nitrogens with zero attached hydrogens (tertiary/aromatic N) is 3. The van der Waals surface area contributed by atoms with Gasteiger partial charge in [0.25, 0.3) is 5.91 Å². The number of benzene rings is 2. The highest BCUT2D eigenvalue weighted by molar-refractivity contribution is 7.15. The SMILES string of the molecule is COc1cccc(C(=O)NCCc2nnc(NC(=O)C3CC(=O)N(c4ccccc4)C3)s2)c1. The van der Waals surface area contributed by atoms with Crippen molar-refractivity contribution in [1.29, 1.82) is 0 Å². The Hall–Kier alpha value is -3.79. The molecule has 1 aliphatic rings. The first-order valence-corrected chi connectivity index (χ1v) is 11.3. The molecule has 170 valence electrons. The fourth-order valence-electron chi connectivity index (χ4n) is 3.50. The highest BCUT2D eigenvalue weighted by Crippen LogP contribution is 2.26. The minimum absolute atomic E-state index is 0.0777. The van der Waals surface area contributed by atoms with E-state index in [1.54, 1.807) is 36.3 Å². The summed E-state index contributed by atoms with van der Waals surface area (Å²) >= 11 is 1.25. The number of hydrogen-bond donors (Lipinski definition) is 2. The summed E-state index contributed by atoms with van der Waals surface area (Å²) in [6.07, 6.45) is 0.635. The van der Waals surface area contributed by atoms with Gasteiger partial charge in [0.15, 0.2) is 0 Å². The maximum Gasteiger partial charge on any atom is 0.251 e. The van der Waals surface area contributed by atoms with E-state index < -0.39 is 5.92 Å². The molecule has 1 unspecified atom stereocenters. The molecule has 0 bridgehead atoms. The van der Waals surface area contributed by atoms with Crippen LogP contribution >= 0.6 is 11.3 Å². The van der Waals surface area contributed by atoms with E-state index in [2.05, 4.69) is 20.8 Å². The van der Waals surface area contributed by atoms with Gasteiger partial charge in [0, 0.05) is 37.2 Å². The Morgan fingerprint density at radius 2 is 1.97 bits per heavy atom.